The highest BCUT2D eigenvalue weighted by Gasteiger charge is 2.23. The van der Waals surface area contributed by atoms with Gasteiger partial charge in [-0.05, 0) is 6.92 Å². The standard InChI is InChI=1S/C9H12N5O3S/c1-4(10)7(15)13-8(16)6(14-17-2)5-3-18-9(11)12-5/h3-4H,10H2,1-2H3,(H2,11,12)/t4-/m1/s1. The molecule has 0 saturated carbocycles. The third-order valence-electron chi connectivity index (χ3n) is 1.75. The van der Waals surface area contributed by atoms with E-state index < -0.39 is 17.9 Å². The molecule has 0 bridgehead atoms. The van der Waals surface area contributed by atoms with E-state index in [-0.39, 0.29) is 16.5 Å². The largest absolute Gasteiger partial charge is 0.398 e. The number of carbonyl (C=O) groups excluding carboxylic acids is 2. The van der Waals surface area contributed by atoms with Gasteiger partial charge in [-0.1, -0.05) is 5.16 Å². The van der Waals surface area contributed by atoms with Crippen LogP contribution in [0.3, 0.4) is 0 Å². The topological polar surface area (TPSA) is 135 Å². The van der Waals surface area contributed by atoms with Gasteiger partial charge in [0.05, 0.1) is 6.04 Å². The van der Waals surface area contributed by atoms with Crippen LogP contribution in [0.2, 0.25) is 0 Å². The molecule has 97 valence electrons. The molecule has 0 aliphatic rings. The lowest BCUT2D eigenvalue weighted by Gasteiger charge is -2.03. The third-order valence-corrected chi connectivity index (χ3v) is 2.42. The third kappa shape index (κ3) is 3.50. The minimum atomic E-state index is -0.871. The summed E-state index contributed by atoms with van der Waals surface area (Å²) in [6, 6.07) is -0.863. The van der Waals surface area contributed by atoms with Gasteiger partial charge in [0.15, 0.2) is 10.8 Å². The summed E-state index contributed by atoms with van der Waals surface area (Å²) < 4.78 is 0. The quantitative estimate of drug-likeness (QED) is 0.536. The maximum atomic E-state index is 11.7. The molecule has 0 aliphatic heterocycles. The molecular weight excluding hydrogens is 258 g/mol. The van der Waals surface area contributed by atoms with E-state index in [1.54, 1.807) is 0 Å². The van der Waals surface area contributed by atoms with Gasteiger partial charge in [0.1, 0.15) is 12.8 Å². The Morgan fingerprint density at radius 2 is 2.22 bits per heavy atom. The summed E-state index contributed by atoms with van der Waals surface area (Å²) in [5, 5.41) is 8.56. The van der Waals surface area contributed by atoms with Crippen molar-refractivity contribution in [2.24, 2.45) is 10.9 Å². The van der Waals surface area contributed by atoms with Crippen LogP contribution in [-0.2, 0) is 14.4 Å². The highest BCUT2D eigenvalue weighted by molar-refractivity contribution is 7.13. The van der Waals surface area contributed by atoms with E-state index in [9.17, 15) is 9.59 Å². The lowest BCUT2D eigenvalue weighted by atomic mass is 10.2. The average Bonchev–Trinajstić information content (AvgIpc) is 2.72. The number of amides is 2. The predicted molar refractivity (Wildman–Crippen MR) is 65.9 cm³/mol. The summed E-state index contributed by atoms with van der Waals surface area (Å²) in [6.07, 6.45) is 0. The van der Waals surface area contributed by atoms with Crippen LogP contribution in [0.1, 0.15) is 12.6 Å². The van der Waals surface area contributed by atoms with Crippen molar-refractivity contribution in [3.63, 3.8) is 0 Å². The molecule has 0 spiro atoms. The fourth-order valence-electron chi connectivity index (χ4n) is 0.938. The Morgan fingerprint density at radius 1 is 1.56 bits per heavy atom. The van der Waals surface area contributed by atoms with Gasteiger partial charge in [-0.15, -0.1) is 11.3 Å². The lowest BCUT2D eigenvalue weighted by molar-refractivity contribution is -0.128. The number of imide groups is 1. The first-order chi connectivity index (χ1) is 8.45. The zero-order valence-electron chi connectivity index (χ0n) is 9.78. The van der Waals surface area contributed by atoms with Gasteiger partial charge in [-0.25, -0.2) is 4.98 Å². The lowest BCUT2D eigenvalue weighted by Crippen LogP contribution is -2.39. The molecule has 0 aliphatic carbocycles. The Labute approximate surface area is 107 Å². The maximum Gasteiger partial charge on any atom is 0.304 e. The van der Waals surface area contributed by atoms with Gasteiger partial charge in [0, 0.05) is 5.38 Å². The monoisotopic (exact) mass is 270 g/mol. The molecule has 0 saturated heterocycles. The molecule has 1 radical (unpaired) electrons. The summed E-state index contributed by atoms with van der Waals surface area (Å²) in [5.41, 5.74) is 10.8. The SMILES string of the molecule is CON=C(C(=O)[N]C(=O)[C@@H](C)N)c1csc(N)n1. The van der Waals surface area contributed by atoms with E-state index in [2.05, 4.69) is 20.3 Å². The average molecular weight is 270 g/mol. The molecule has 1 heterocycles. The van der Waals surface area contributed by atoms with Crippen LogP contribution in [0, 0.1) is 0 Å². The molecule has 8 nitrogen and oxygen atoms in total. The summed E-state index contributed by atoms with van der Waals surface area (Å²) in [7, 11) is 1.26. The molecule has 2 amide bonds. The van der Waals surface area contributed by atoms with Gasteiger partial charge >= 0.3 is 5.91 Å². The minimum Gasteiger partial charge on any atom is -0.398 e. The van der Waals surface area contributed by atoms with Crippen molar-refractivity contribution in [3.8, 4) is 0 Å². The van der Waals surface area contributed by atoms with Crippen LogP contribution in [0.4, 0.5) is 5.13 Å². The van der Waals surface area contributed by atoms with Crippen molar-refractivity contribution >= 4 is 34.0 Å². The number of carbonyl (C=O) groups is 2. The maximum absolute atomic E-state index is 11.7. The molecule has 0 unspecified atom stereocenters. The normalized spacial score (nSPS) is 12.9. The molecule has 1 rings (SSSR count). The molecule has 0 fully saturated rings. The number of anilines is 1. The van der Waals surface area contributed by atoms with Crippen LogP contribution < -0.4 is 16.8 Å². The van der Waals surface area contributed by atoms with E-state index in [1.165, 1.54) is 19.4 Å². The van der Waals surface area contributed by atoms with Crippen molar-refractivity contribution in [2.45, 2.75) is 13.0 Å². The van der Waals surface area contributed by atoms with Crippen molar-refractivity contribution in [3.05, 3.63) is 11.1 Å². The Balaban J connectivity index is 2.90. The summed E-state index contributed by atoms with van der Waals surface area (Å²) in [4.78, 5) is 31.4. The van der Waals surface area contributed by atoms with Gasteiger partial charge in [0.2, 0.25) is 0 Å². The fourth-order valence-corrected chi connectivity index (χ4v) is 1.49. The Bertz CT molecular complexity index is 482. The Kier molecular flexibility index (Phi) is 4.75. The fraction of sp³-hybridized carbons (Fsp3) is 0.333. The molecule has 4 N–H and O–H groups in total. The van der Waals surface area contributed by atoms with Crippen LogP contribution >= 0.6 is 11.3 Å². The summed E-state index contributed by atoms with van der Waals surface area (Å²) in [5.74, 6) is -1.61. The number of aromatic nitrogens is 1. The van der Waals surface area contributed by atoms with Crippen LogP contribution in [0.5, 0.6) is 0 Å². The molecule has 9 heteroatoms. The van der Waals surface area contributed by atoms with Gasteiger partial charge in [0.25, 0.3) is 5.91 Å². The van der Waals surface area contributed by atoms with Crippen molar-refractivity contribution in [1.82, 2.24) is 10.3 Å². The highest BCUT2D eigenvalue weighted by Crippen LogP contribution is 2.12. The van der Waals surface area contributed by atoms with Crippen molar-refractivity contribution in [1.29, 1.82) is 0 Å². The zero-order chi connectivity index (χ0) is 13.7. The number of nitrogen functional groups attached to an aromatic ring is 1. The van der Waals surface area contributed by atoms with E-state index in [4.69, 9.17) is 11.5 Å². The predicted octanol–water partition coefficient (Wildman–Crippen LogP) is -0.919. The number of oxime groups is 1. The molecule has 18 heavy (non-hydrogen) atoms. The second kappa shape index (κ2) is 6.07. The number of hydrogen-bond donors (Lipinski definition) is 2. The number of nitrogens with two attached hydrogens (primary N) is 2. The molecule has 1 atom stereocenters. The second-order valence-electron chi connectivity index (χ2n) is 3.24. The Hall–Kier alpha value is -2.00. The second-order valence-corrected chi connectivity index (χ2v) is 4.13. The number of rotatable bonds is 4. The first-order valence-electron chi connectivity index (χ1n) is 4.83. The number of nitrogens with zero attached hydrogens (tertiary/aromatic N) is 3. The Morgan fingerprint density at radius 3 is 2.67 bits per heavy atom. The highest BCUT2D eigenvalue weighted by atomic mass is 32.1. The molecule has 1 aromatic rings. The van der Waals surface area contributed by atoms with Crippen molar-refractivity contribution < 1.29 is 14.4 Å². The van der Waals surface area contributed by atoms with E-state index in [0.717, 1.165) is 11.3 Å². The van der Waals surface area contributed by atoms with Crippen molar-refractivity contribution in [2.75, 3.05) is 12.8 Å². The molecule has 0 aromatic carbocycles. The van der Waals surface area contributed by atoms with E-state index in [1.807, 2.05) is 0 Å². The first kappa shape index (κ1) is 14.1. The first-order valence-corrected chi connectivity index (χ1v) is 5.71. The van der Waals surface area contributed by atoms with Gasteiger partial charge < -0.3 is 16.3 Å². The minimum absolute atomic E-state index is 0.195. The van der Waals surface area contributed by atoms with Crippen LogP contribution in [0.15, 0.2) is 10.5 Å². The number of thiazole rings is 1. The zero-order valence-corrected chi connectivity index (χ0v) is 10.6. The smallest absolute Gasteiger partial charge is 0.304 e. The molecule has 1 aromatic heterocycles. The summed E-state index contributed by atoms with van der Waals surface area (Å²) in [6.45, 7) is 1.42. The van der Waals surface area contributed by atoms with E-state index in [0.29, 0.717) is 0 Å². The summed E-state index contributed by atoms with van der Waals surface area (Å²) >= 11 is 1.13. The molecular formula is C9H12N5O3S. The van der Waals surface area contributed by atoms with E-state index >= 15 is 0 Å². The van der Waals surface area contributed by atoms with Gasteiger partial charge in [-0.3, -0.25) is 9.59 Å². The van der Waals surface area contributed by atoms with Crippen LogP contribution in [-0.4, -0.2) is 35.7 Å². The van der Waals surface area contributed by atoms with Crippen LogP contribution in [0.25, 0.3) is 0 Å². The van der Waals surface area contributed by atoms with Gasteiger partial charge in [-0.2, -0.15) is 5.32 Å². The number of hydrogen-bond acceptors (Lipinski definition) is 8.